The Bertz CT molecular complexity index is 539. The van der Waals surface area contributed by atoms with Gasteiger partial charge in [0.1, 0.15) is 0 Å². The van der Waals surface area contributed by atoms with Crippen LogP contribution in [0.3, 0.4) is 0 Å². The number of aromatic nitrogens is 1. The minimum atomic E-state index is -0.132. The van der Waals surface area contributed by atoms with Gasteiger partial charge in [-0.2, -0.15) is 0 Å². The number of nitrogens with zero attached hydrogens (tertiary/aromatic N) is 1. The number of benzene rings is 1. The van der Waals surface area contributed by atoms with Crippen molar-refractivity contribution in [2.45, 2.75) is 13.0 Å². The number of hydrazine groups is 1. The van der Waals surface area contributed by atoms with Crippen LogP contribution in [-0.2, 0) is 0 Å². The van der Waals surface area contributed by atoms with E-state index < -0.39 is 0 Å². The van der Waals surface area contributed by atoms with Crippen LogP contribution in [0.5, 0.6) is 0 Å². The van der Waals surface area contributed by atoms with Gasteiger partial charge in [0.15, 0.2) is 0 Å². The molecule has 3 nitrogen and oxygen atoms in total. The second kappa shape index (κ2) is 5.80. The van der Waals surface area contributed by atoms with Gasteiger partial charge in [-0.3, -0.25) is 10.8 Å². The highest BCUT2D eigenvalue weighted by Crippen LogP contribution is 2.27. The van der Waals surface area contributed by atoms with Crippen molar-refractivity contribution in [2.75, 3.05) is 0 Å². The average Bonchev–Trinajstić information content (AvgIpc) is 2.28. The van der Waals surface area contributed by atoms with E-state index >= 15 is 0 Å². The first-order valence-electron chi connectivity index (χ1n) is 5.44. The van der Waals surface area contributed by atoms with E-state index in [9.17, 15) is 0 Å². The molecule has 5 heteroatoms. The second-order valence-corrected chi connectivity index (χ2v) is 5.45. The number of halogens is 2. The summed E-state index contributed by atoms with van der Waals surface area (Å²) in [7, 11) is 0. The molecule has 0 aliphatic carbocycles. The van der Waals surface area contributed by atoms with E-state index in [0.29, 0.717) is 5.02 Å². The number of hydrogen-bond donors (Lipinski definition) is 2. The van der Waals surface area contributed by atoms with Crippen LogP contribution in [0.25, 0.3) is 0 Å². The van der Waals surface area contributed by atoms with Gasteiger partial charge in [-0.1, -0.05) is 33.6 Å². The number of aryl methyl sites for hydroxylation is 1. The van der Waals surface area contributed by atoms with Gasteiger partial charge in [0.2, 0.25) is 0 Å². The van der Waals surface area contributed by atoms with Crippen molar-refractivity contribution in [3.8, 4) is 0 Å². The lowest BCUT2D eigenvalue weighted by atomic mass is 10.00. The molecule has 0 aliphatic rings. The van der Waals surface area contributed by atoms with Crippen molar-refractivity contribution >= 4 is 27.5 Å². The summed E-state index contributed by atoms with van der Waals surface area (Å²) >= 11 is 9.48. The lowest BCUT2D eigenvalue weighted by Crippen LogP contribution is -2.29. The number of pyridine rings is 1. The van der Waals surface area contributed by atoms with Crippen LogP contribution in [0.2, 0.25) is 5.02 Å². The van der Waals surface area contributed by atoms with Crippen LogP contribution in [0, 0.1) is 6.92 Å². The molecule has 0 bridgehead atoms. The Morgan fingerprint density at radius 3 is 2.61 bits per heavy atom. The quantitative estimate of drug-likeness (QED) is 0.672. The molecule has 2 aromatic rings. The first-order chi connectivity index (χ1) is 8.60. The van der Waals surface area contributed by atoms with Gasteiger partial charge in [0, 0.05) is 21.9 Å². The highest BCUT2D eigenvalue weighted by molar-refractivity contribution is 9.10. The molecule has 2 rings (SSSR count). The standard InChI is InChI=1S/C13H13BrClN3/c1-8-2-10(7-17-6-8)13(18-16)9-3-11(14)5-12(15)4-9/h2-7,13,18H,16H2,1H3. The molecule has 0 radical (unpaired) electrons. The van der Waals surface area contributed by atoms with E-state index in [1.807, 2.05) is 37.4 Å². The van der Waals surface area contributed by atoms with E-state index in [1.165, 1.54) is 0 Å². The lowest BCUT2D eigenvalue weighted by Gasteiger charge is -2.17. The normalized spacial score (nSPS) is 12.4. The maximum absolute atomic E-state index is 6.06. The SMILES string of the molecule is Cc1cncc(C(NN)c2cc(Cl)cc(Br)c2)c1. The molecule has 0 aliphatic heterocycles. The fourth-order valence-corrected chi connectivity index (χ4v) is 2.75. The van der Waals surface area contributed by atoms with Gasteiger partial charge in [-0.25, -0.2) is 5.43 Å². The molecule has 0 spiro atoms. The first kappa shape index (κ1) is 13.5. The lowest BCUT2D eigenvalue weighted by molar-refractivity contribution is 0.634. The molecule has 1 heterocycles. The van der Waals surface area contributed by atoms with Crippen molar-refractivity contribution in [1.82, 2.24) is 10.4 Å². The van der Waals surface area contributed by atoms with Gasteiger partial charge >= 0.3 is 0 Å². The summed E-state index contributed by atoms with van der Waals surface area (Å²) in [5.74, 6) is 5.65. The molecule has 0 amide bonds. The minimum absolute atomic E-state index is 0.132. The molecule has 18 heavy (non-hydrogen) atoms. The zero-order chi connectivity index (χ0) is 13.1. The highest BCUT2D eigenvalue weighted by atomic mass is 79.9. The number of hydrogen-bond acceptors (Lipinski definition) is 3. The summed E-state index contributed by atoms with van der Waals surface area (Å²) < 4.78 is 0.922. The Balaban J connectivity index is 2.45. The summed E-state index contributed by atoms with van der Waals surface area (Å²) in [4.78, 5) is 4.18. The van der Waals surface area contributed by atoms with E-state index in [4.69, 9.17) is 17.4 Å². The Kier molecular flexibility index (Phi) is 4.35. The van der Waals surface area contributed by atoms with Crippen LogP contribution in [-0.4, -0.2) is 4.98 Å². The predicted molar refractivity (Wildman–Crippen MR) is 77.3 cm³/mol. The van der Waals surface area contributed by atoms with Crippen molar-refractivity contribution in [1.29, 1.82) is 0 Å². The zero-order valence-electron chi connectivity index (χ0n) is 9.82. The Labute approximate surface area is 119 Å². The topological polar surface area (TPSA) is 50.9 Å². The highest BCUT2D eigenvalue weighted by Gasteiger charge is 2.14. The monoisotopic (exact) mass is 325 g/mol. The van der Waals surface area contributed by atoms with Crippen molar-refractivity contribution in [3.05, 3.63) is 62.8 Å². The third kappa shape index (κ3) is 3.09. The molecule has 0 fully saturated rings. The first-order valence-corrected chi connectivity index (χ1v) is 6.61. The smallest absolute Gasteiger partial charge is 0.0726 e. The van der Waals surface area contributed by atoms with Gasteiger partial charge in [0.05, 0.1) is 6.04 Å². The fraction of sp³-hybridized carbons (Fsp3) is 0.154. The summed E-state index contributed by atoms with van der Waals surface area (Å²) in [6.07, 6.45) is 3.61. The zero-order valence-corrected chi connectivity index (χ0v) is 12.2. The molecule has 0 saturated carbocycles. The summed E-state index contributed by atoms with van der Waals surface area (Å²) in [6, 6.07) is 7.63. The maximum atomic E-state index is 6.06. The van der Waals surface area contributed by atoms with Crippen LogP contribution < -0.4 is 11.3 Å². The maximum Gasteiger partial charge on any atom is 0.0726 e. The molecule has 1 atom stereocenters. The largest absolute Gasteiger partial charge is 0.271 e. The Hall–Kier alpha value is -0.940. The Morgan fingerprint density at radius 1 is 1.22 bits per heavy atom. The van der Waals surface area contributed by atoms with Crippen LogP contribution in [0.4, 0.5) is 0 Å². The predicted octanol–water partition coefficient (Wildman–Crippen LogP) is 3.36. The third-order valence-corrected chi connectivity index (χ3v) is 3.29. The van der Waals surface area contributed by atoms with Crippen LogP contribution >= 0.6 is 27.5 Å². The fourth-order valence-electron chi connectivity index (χ4n) is 1.86. The molecule has 1 unspecified atom stereocenters. The van der Waals surface area contributed by atoms with E-state index in [0.717, 1.165) is 21.2 Å². The minimum Gasteiger partial charge on any atom is -0.271 e. The molecule has 1 aromatic carbocycles. The summed E-state index contributed by atoms with van der Waals surface area (Å²) in [5, 5.41) is 0.667. The van der Waals surface area contributed by atoms with Gasteiger partial charge in [0.25, 0.3) is 0 Å². The number of nitrogens with two attached hydrogens (primary N) is 1. The number of nitrogens with one attached hydrogen (secondary N) is 1. The van der Waals surface area contributed by atoms with Gasteiger partial charge in [-0.15, -0.1) is 0 Å². The van der Waals surface area contributed by atoms with Crippen LogP contribution in [0.15, 0.2) is 41.1 Å². The average molecular weight is 327 g/mol. The molecular weight excluding hydrogens is 314 g/mol. The van der Waals surface area contributed by atoms with E-state index in [2.05, 4.69) is 26.3 Å². The molecular formula is C13H13BrClN3. The molecule has 0 saturated heterocycles. The number of rotatable bonds is 3. The van der Waals surface area contributed by atoms with E-state index in [1.54, 1.807) is 6.20 Å². The van der Waals surface area contributed by atoms with Gasteiger partial charge < -0.3 is 0 Å². The molecule has 1 aromatic heterocycles. The molecule has 94 valence electrons. The third-order valence-electron chi connectivity index (χ3n) is 2.61. The van der Waals surface area contributed by atoms with E-state index in [-0.39, 0.29) is 6.04 Å². The Morgan fingerprint density at radius 2 is 2.00 bits per heavy atom. The van der Waals surface area contributed by atoms with Crippen molar-refractivity contribution < 1.29 is 0 Å². The molecule has 3 N–H and O–H groups in total. The van der Waals surface area contributed by atoms with Crippen molar-refractivity contribution in [3.63, 3.8) is 0 Å². The van der Waals surface area contributed by atoms with Crippen molar-refractivity contribution in [2.24, 2.45) is 5.84 Å². The summed E-state index contributed by atoms with van der Waals surface area (Å²) in [5.41, 5.74) is 5.88. The van der Waals surface area contributed by atoms with Crippen LogP contribution in [0.1, 0.15) is 22.7 Å². The summed E-state index contributed by atoms with van der Waals surface area (Å²) in [6.45, 7) is 2.00. The second-order valence-electron chi connectivity index (χ2n) is 4.10. The van der Waals surface area contributed by atoms with Gasteiger partial charge in [-0.05, 0) is 41.8 Å².